The lowest BCUT2D eigenvalue weighted by molar-refractivity contribution is -0.125. The van der Waals surface area contributed by atoms with Gasteiger partial charge in [0.15, 0.2) is 0 Å². The minimum atomic E-state index is -0.358. The second kappa shape index (κ2) is 7.22. The highest BCUT2D eigenvalue weighted by atomic mass is 16.5. The highest BCUT2D eigenvalue weighted by Gasteiger charge is 2.14. The Morgan fingerprint density at radius 1 is 1.10 bits per heavy atom. The number of rotatable bonds is 5. The van der Waals surface area contributed by atoms with Crippen LogP contribution in [0.2, 0.25) is 0 Å². The van der Waals surface area contributed by atoms with E-state index in [0.717, 1.165) is 5.56 Å². The van der Waals surface area contributed by atoms with Crippen molar-refractivity contribution in [3.05, 3.63) is 23.8 Å². The molecule has 21 heavy (non-hydrogen) atoms. The van der Waals surface area contributed by atoms with Crippen molar-refractivity contribution in [2.24, 2.45) is 0 Å². The van der Waals surface area contributed by atoms with Crippen LogP contribution >= 0.6 is 0 Å². The molecule has 116 valence electrons. The summed E-state index contributed by atoms with van der Waals surface area (Å²) in [7, 11) is 0. The van der Waals surface area contributed by atoms with E-state index < -0.39 is 0 Å². The van der Waals surface area contributed by atoms with Gasteiger partial charge in [-0.2, -0.15) is 0 Å². The fourth-order valence-electron chi connectivity index (χ4n) is 1.61. The molecule has 1 rings (SSSR count). The summed E-state index contributed by atoms with van der Waals surface area (Å²) in [5, 5.41) is 5.61. The molecule has 1 aromatic rings. The Kier molecular flexibility index (Phi) is 5.90. The second-order valence-corrected chi connectivity index (χ2v) is 5.83. The van der Waals surface area contributed by atoms with Gasteiger partial charge in [-0.3, -0.25) is 9.59 Å². The predicted octanol–water partition coefficient (Wildman–Crippen LogP) is 3.10. The summed E-state index contributed by atoms with van der Waals surface area (Å²) in [6.07, 6.45) is 0.412. The summed E-state index contributed by atoms with van der Waals surface area (Å²) in [5.74, 6) is -0.273. The molecule has 0 aromatic heterocycles. The summed E-state index contributed by atoms with van der Waals surface area (Å²) in [6, 6.07) is 5.40. The number of hydrogen-bond donors (Lipinski definition) is 2. The first-order chi connectivity index (χ1) is 9.73. The van der Waals surface area contributed by atoms with Crippen LogP contribution in [0.1, 0.15) is 39.7 Å². The van der Waals surface area contributed by atoms with E-state index in [-0.39, 0.29) is 24.0 Å². The third-order valence-corrected chi connectivity index (χ3v) is 2.84. The molecule has 0 saturated heterocycles. The molecule has 0 aliphatic rings. The van der Waals surface area contributed by atoms with Crippen LogP contribution in [0, 0.1) is 6.92 Å². The Morgan fingerprint density at radius 2 is 1.62 bits per heavy atom. The van der Waals surface area contributed by atoms with Crippen molar-refractivity contribution in [1.82, 2.24) is 0 Å². The SMILES string of the molecule is CCC(=O)Nc1cccc(NC(=O)COC(C)(C)C)c1C. The fraction of sp³-hybridized carbons (Fsp3) is 0.500. The zero-order valence-electron chi connectivity index (χ0n) is 13.4. The van der Waals surface area contributed by atoms with Crippen molar-refractivity contribution >= 4 is 23.2 Å². The molecule has 0 aliphatic carbocycles. The van der Waals surface area contributed by atoms with Crippen LogP contribution in [0.25, 0.3) is 0 Å². The Bertz CT molecular complexity index is 519. The molecule has 0 radical (unpaired) electrons. The molecule has 0 spiro atoms. The molecule has 0 unspecified atom stereocenters. The topological polar surface area (TPSA) is 67.4 Å². The van der Waals surface area contributed by atoms with Gasteiger partial charge in [0.2, 0.25) is 11.8 Å². The number of anilines is 2. The van der Waals surface area contributed by atoms with Crippen LogP contribution in [0.5, 0.6) is 0 Å². The van der Waals surface area contributed by atoms with Gasteiger partial charge < -0.3 is 15.4 Å². The van der Waals surface area contributed by atoms with Gasteiger partial charge in [-0.25, -0.2) is 0 Å². The Balaban J connectivity index is 2.73. The van der Waals surface area contributed by atoms with E-state index in [0.29, 0.717) is 17.8 Å². The highest BCUT2D eigenvalue weighted by molar-refractivity contribution is 5.96. The van der Waals surface area contributed by atoms with E-state index in [2.05, 4.69) is 10.6 Å². The maximum Gasteiger partial charge on any atom is 0.250 e. The lowest BCUT2D eigenvalue weighted by Crippen LogP contribution is -2.27. The van der Waals surface area contributed by atoms with Crippen molar-refractivity contribution < 1.29 is 14.3 Å². The number of carbonyl (C=O) groups is 2. The number of amides is 2. The summed E-state index contributed by atoms with van der Waals surface area (Å²) < 4.78 is 5.43. The van der Waals surface area contributed by atoms with Crippen LogP contribution in [-0.4, -0.2) is 24.0 Å². The largest absolute Gasteiger partial charge is 0.366 e. The molecule has 0 bridgehead atoms. The minimum absolute atomic E-state index is 0.00547. The first-order valence-corrected chi connectivity index (χ1v) is 7.06. The molecule has 2 amide bonds. The van der Waals surface area contributed by atoms with Crippen molar-refractivity contribution in [1.29, 1.82) is 0 Å². The monoisotopic (exact) mass is 292 g/mol. The molecule has 5 heteroatoms. The Labute approximate surface area is 126 Å². The molecule has 2 N–H and O–H groups in total. The summed E-state index contributed by atoms with van der Waals surface area (Å²) in [4.78, 5) is 23.3. The van der Waals surface area contributed by atoms with E-state index in [9.17, 15) is 9.59 Å². The smallest absolute Gasteiger partial charge is 0.250 e. The zero-order valence-corrected chi connectivity index (χ0v) is 13.4. The Morgan fingerprint density at radius 3 is 2.10 bits per heavy atom. The van der Waals surface area contributed by atoms with Crippen LogP contribution in [0.3, 0.4) is 0 Å². The van der Waals surface area contributed by atoms with E-state index >= 15 is 0 Å². The lowest BCUT2D eigenvalue weighted by atomic mass is 10.1. The van der Waals surface area contributed by atoms with E-state index in [1.165, 1.54) is 0 Å². The number of nitrogens with one attached hydrogen (secondary N) is 2. The van der Waals surface area contributed by atoms with Crippen LogP contribution in [0.4, 0.5) is 11.4 Å². The average molecular weight is 292 g/mol. The first kappa shape index (κ1) is 17.2. The van der Waals surface area contributed by atoms with Crippen molar-refractivity contribution in [2.75, 3.05) is 17.2 Å². The van der Waals surface area contributed by atoms with Crippen molar-refractivity contribution in [2.45, 2.75) is 46.6 Å². The molecule has 0 saturated carbocycles. The molecule has 0 fully saturated rings. The summed E-state index contributed by atoms with van der Waals surface area (Å²) in [5.41, 5.74) is 1.84. The number of ether oxygens (including phenoxy) is 1. The first-order valence-electron chi connectivity index (χ1n) is 7.06. The van der Waals surface area contributed by atoms with Crippen LogP contribution in [0.15, 0.2) is 18.2 Å². The summed E-state index contributed by atoms with van der Waals surface area (Å²) >= 11 is 0. The van der Waals surface area contributed by atoms with E-state index in [1.54, 1.807) is 19.1 Å². The van der Waals surface area contributed by atoms with Gasteiger partial charge in [0.25, 0.3) is 0 Å². The molecular formula is C16H24N2O3. The van der Waals surface area contributed by atoms with Gasteiger partial charge >= 0.3 is 0 Å². The van der Waals surface area contributed by atoms with Crippen LogP contribution in [-0.2, 0) is 14.3 Å². The zero-order chi connectivity index (χ0) is 16.0. The van der Waals surface area contributed by atoms with Crippen LogP contribution < -0.4 is 10.6 Å². The number of benzene rings is 1. The van der Waals surface area contributed by atoms with Gasteiger partial charge in [-0.05, 0) is 45.4 Å². The maximum absolute atomic E-state index is 11.9. The molecule has 0 atom stereocenters. The molecule has 0 aliphatic heterocycles. The normalized spacial score (nSPS) is 11.1. The molecule has 5 nitrogen and oxygen atoms in total. The quantitative estimate of drug-likeness (QED) is 0.876. The van der Waals surface area contributed by atoms with Gasteiger partial charge in [0, 0.05) is 17.8 Å². The third-order valence-electron chi connectivity index (χ3n) is 2.84. The standard InChI is InChI=1S/C16H24N2O3/c1-6-14(19)17-12-8-7-9-13(11(12)2)18-15(20)10-21-16(3,4)5/h7-9H,6,10H2,1-5H3,(H,17,19)(H,18,20). The average Bonchev–Trinajstić information content (AvgIpc) is 2.40. The lowest BCUT2D eigenvalue weighted by Gasteiger charge is -2.19. The minimum Gasteiger partial charge on any atom is -0.366 e. The maximum atomic E-state index is 11.9. The number of hydrogen-bond acceptors (Lipinski definition) is 3. The molecular weight excluding hydrogens is 268 g/mol. The van der Waals surface area contributed by atoms with E-state index in [1.807, 2.05) is 33.8 Å². The van der Waals surface area contributed by atoms with Gasteiger partial charge in [-0.1, -0.05) is 13.0 Å². The van der Waals surface area contributed by atoms with Gasteiger partial charge in [0.05, 0.1) is 5.60 Å². The second-order valence-electron chi connectivity index (χ2n) is 5.83. The van der Waals surface area contributed by atoms with Crippen molar-refractivity contribution in [3.63, 3.8) is 0 Å². The van der Waals surface area contributed by atoms with Crippen molar-refractivity contribution in [3.8, 4) is 0 Å². The van der Waals surface area contributed by atoms with E-state index in [4.69, 9.17) is 4.74 Å². The third kappa shape index (κ3) is 5.95. The Hall–Kier alpha value is -1.88. The van der Waals surface area contributed by atoms with Gasteiger partial charge in [-0.15, -0.1) is 0 Å². The number of carbonyl (C=O) groups excluding carboxylic acids is 2. The predicted molar refractivity (Wildman–Crippen MR) is 84.4 cm³/mol. The summed E-state index contributed by atoms with van der Waals surface area (Å²) in [6.45, 7) is 9.32. The fourth-order valence-corrected chi connectivity index (χ4v) is 1.61. The molecule has 1 aromatic carbocycles. The molecule has 0 heterocycles. The highest BCUT2D eigenvalue weighted by Crippen LogP contribution is 2.23. The van der Waals surface area contributed by atoms with Gasteiger partial charge in [0.1, 0.15) is 6.61 Å².